The number of amides is 1. The minimum Gasteiger partial charge on any atom is -0.459 e. The molecule has 0 saturated heterocycles. The third kappa shape index (κ3) is 3.25. The number of anilines is 2. The summed E-state index contributed by atoms with van der Waals surface area (Å²) in [6.07, 6.45) is 1.49. The molecule has 0 fully saturated rings. The van der Waals surface area contributed by atoms with Crippen LogP contribution in [-0.4, -0.2) is 22.0 Å². The summed E-state index contributed by atoms with van der Waals surface area (Å²) in [5.41, 5.74) is 4.93. The van der Waals surface area contributed by atoms with Crippen molar-refractivity contribution in [2.45, 2.75) is 20.0 Å². The van der Waals surface area contributed by atoms with E-state index in [0.717, 1.165) is 53.4 Å². The molecule has 0 radical (unpaired) electrons. The van der Waals surface area contributed by atoms with Crippen LogP contribution in [0.15, 0.2) is 59.2 Å². The zero-order chi connectivity index (χ0) is 20.0. The molecule has 1 amide bonds. The highest BCUT2D eigenvalue weighted by atomic mass is 35.5. The smallest absolute Gasteiger partial charge is 0.291 e. The Morgan fingerprint density at radius 1 is 1.17 bits per heavy atom. The predicted molar refractivity (Wildman–Crippen MR) is 114 cm³/mol. The summed E-state index contributed by atoms with van der Waals surface area (Å²) in [7, 11) is 0. The summed E-state index contributed by atoms with van der Waals surface area (Å²) in [6, 6.07) is 15.2. The number of furan rings is 1. The third-order valence-electron chi connectivity index (χ3n) is 5.28. The van der Waals surface area contributed by atoms with E-state index < -0.39 is 0 Å². The Bertz CT molecular complexity index is 1210. The van der Waals surface area contributed by atoms with Crippen LogP contribution >= 0.6 is 11.6 Å². The number of fused-ring (bicyclic) bond motifs is 3. The van der Waals surface area contributed by atoms with Gasteiger partial charge in [-0.05, 0) is 61.0 Å². The van der Waals surface area contributed by atoms with Crippen molar-refractivity contribution in [2.75, 3.05) is 16.8 Å². The number of halogens is 1. The van der Waals surface area contributed by atoms with Gasteiger partial charge in [0.25, 0.3) is 5.91 Å². The van der Waals surface area contributed by atoms with Gasteiger partial charge in [0.05, 0.1) is 23.8 Å². The Balaban J connectivity index is 1.37. The average molecular weight is 407 g/mol. The fourth-order valence-electron chi connectivity index (χ4n) is 3.79. The number of aryl methyl sites for hydroxylation is 1. The molecule has 0 spiro atoms. The van der Waals surface area contributed by atoms with Crippen molar-refractivity contribution in [3.05, 3.63) is 77.0 Å². The number of hydrogen-bond donors (Lipinski definition) is 1. The topological polar surface area (TPSA) is 63.3 Å². The first-order chi connectivity index (χ1) is 14.1. The largest absolute Gasteiger partial charge is 0.459 e. The van der Waals surface area contributed by atoms with E-state index in [4.69, 9.17) is 21.0 Å². The average Bonchev–Trinajstić information content (AvgIpc) is 3.36. The van der Waals surface area contributed by atoms with E-state index in [1.165, 1.54) is 6.26 Å². The molecule has 0 aliphatic carbocycles. The van der Waals surface area contributed by atoms with Gasteiger partial charge in [0.2, 0.25) is 0 Å². The van der Waals surface area contributed by atoms with Gasteiger partial charge in [0, 0.05) is 29.5 Å². The zero-order valence-electron chi connectivity index (χ0n) is 15.9. The van der Waals surface area contributed by atoms with Gasteiger partial charge in [0.1, 0.15) is 5.82 Å². The molecule has 1 N–H and O–H groups in total. The molecule has 2 aromatic carbocycles. The first kappa shape index (κ1) is 17.8. The van der Waals surface area contributed by atoms with E-state index in [-0.39, 0.29) is 5.91 Å². The first-order valence-electron chi connectivity index (χ1n) is 9.43. The van der Waals surface area contributed by atoms with Crippen molar-refractivity contribution in [1.29, 1.82) is 0 Å². The van der Waals surface area contributed by atoms with Crippen LogP contribution in [0.2, 0.25) is 5.02 Å². The molecule has 4 aromatic rings. The van der Waals surface area contributed by atoms with Gasteiger partial charge < -0.3 is 19.2 Å². The predicted octanol–water partition coefficient (Wildman–Crippen LogP) is 4.86. The van der Waals surface area contributed by atoms with Crippen LogP contribution in [0.25, 0.3) is 11.0 Å². The number of nitrogens with zero attached hydrogens (tertiary/aromatic N) is 3. The number of benzene rings is 2. The van der Waals surface area contributed by atoms with E-state index in [9.17, 15) is 4.79 Å². The van der Waals surface area contributed by atoms with Crippen LogP contribution < -0.4 is 10.2 Å². The van der Waals surface area contributed by atoms with E-state index in [0.29, 0.717) is 10.8 Å². The van der Waals surface area contributed by atoms with Crippen LogP contribution in [-0.2, 0) is 13.1 Å². The molecular weight excluding hydrogens is 388 g/mol. The summed E-state index contributed by atoms with van der Waals surface area (Å²) in [4.78, 5) is 19.3. The van der Waals surface area contributed by atoms with Gasteiger partial charge in [-0.15, -0.1) is 0 Å². The number of carbonyl (C=O) groups excluding carboxylic acids is 1. The van der Waals surface area contributed by atoms with Crippen LogP contribution in [0.4, 0.5) is 11.4 Å². The number of carbonyl (C=O) groups is 1. The highest BCUT2D eigenvalue weighted by Crippen LogP contribution is 2.28. The Morgan fingerprint density at radius 3 is 2.86 bits per heavy atom. The lowest BCUT2D eigenvalue weighted by atomic mass is 10.1. The maximum atomic E-state index is 12.2. The maximum absolute atomic E-state index is 12.2. The molecule has 29 heavy (non-hydrogen) atoms. The Hall–Kier alpha value is -3.25. The lowest BCUT2D eigenvalue weighted by Crippen LogP contribution is -2.33. The maximum Gasteiger partial charge on any atom is 0.291 e. The lowest BCUT2D eigenvalue weighted by Gasteiger charge is -2.30. The number of imidazole rings is 1. The minimum atomic E-state index is -0.254. The van der Waals surface area contributed by atoms with Gasteiger partial charge in [-0.1, -0.05) is 11.6 Å². The molecule has 6 nitrogen and oxygen atoms in total. The highest BCUT2D eigenvalue weighted by molar-refractivity contribution is 6.31. The van der Waals surface area contributed by atoms with Crippen molar-refractivity contribution < 1.29 is 9.21 Å². The summed E-state index contributed by atoms with van der Waals surface area (Å²) >= 11 is 6.11. The molecule has 1 aliphatic heterocycles. The lowest BCUT2D eigenvalue weighted by molar-refractivity contribution is 0.0996. The van der Waals surface area contributed by atoms with E-state index in [1.807, 2.05) is 37.3 Å². The normalized spacial score (nSPS) is 13.5. The molecule has 146 valence electrons. The van der Waals surface area contributed by atoms with E-state index >= 15 is 0 Å². The summed E-state index contributed by atoms with van der Waals surface area (Å²) in [5.74, 6) is 1.07. The third-order valence-corrected chi connectivity index (χ3v) is 5.52. The molecule has 0 saturated carbocycles. The SMILES string of the molecule is Cc1cc(N2CCn3c(nc4cc(Cl)ccc43)C2)ccc1NC(=O)c1ccco1. The molecule has 3 heterocycles. The van der Waals surface area contributed by atoms with E-state index in [2.05, 4.69) is 20.9 Å². The van der Waals surface area contributed by atoms with Crippen LogP contribution in [0.5, 0.6) is 0 Å². The minimum absolute atomic E-state index is 0.254. The molecular formula is C22H19ClN4O2. The molecule has 0 atom stereocenters. The Morgan fingerprint density at radius 2 is 2.07 bits per heavy atom. The second-order valence-corrected chi connectivity index (χ2v) is 7.60. The number of hydrogen-bond acceptors (Lipinski definition) is 4. The van der Waals surface area contributed by atoms with Gasteiger partial charge in [-0.25, -0.2) is 4.98 Å². The monoisotopic (exact) mass is 406 g/mol. The number of nitrogens with one attached hydrogen (secondary N) is 1. The second kappa shape index (κ2) is 6.97. The Labute approximate surface area is 172 Å². The molecule has 7 heteroatoms. The van der Waals surface area contributed by atoms with Crippen LogP contribution in [0.3, 0.4) is 0 Å². The van der Waals surface area contributed by atoms with Crippen molar-refractivity contribution in [2.24, 2.45) is 0 Å². The fourth-order valence-corrected chi connectivity index (χ4v) is 3.96. The standard InChI is InChI=1S/C22H19ClN4O2/c1-14-11-16(5-6-17(14)25-22(28)20-3-2-10-29-20)26-8-9-27-19-7-4-15(23)12-18(19)24-21(27)13-26/h2-7,10-12H,8-9,13H2,1H3,(H,25,28). The van der Waals surface area contributed by atoms with Gasteiger partial charge >= 0.3 is 0 Å². The summed E-state index contributed by atoms with van der Waals surface area (Å²) < 4.78 is 7.41. The molecule has 0 unspecified atom stereocenters. The van der Waals surface area contributed by atoms with Crippen molar-refractivity contribution in [3.63, 3.8) is 0 Å². The summed E-state index contributed by atoms with van der Waals surface area (Å²) in [6.45, 7) is 4.47. The highest BCUT2D eigenvalue weighted by Gasteiger charge is 2.21. The molecule has 1 aliphatic rings. The van der Waals surface area contributed by atoms with Crippen LogP contribution in [0.1, 0.15) is 21.9 Å². The van der Waals surface area contributed by atoms with Gasteiger partial charge in [-0.3, -0.25) is 4.79 Å². The zero-order valence-corrected chi connectivity index (χ0v) is 16.6. The molecule has 2 aromatic heterocycles. The second-order valence-electron chi connectivity index (χ2n) is 7.16. The van der Waals surface area contributed by atoms with Crippen molar-refractivity contribution in [3.8, 4) is 0 Å². The first-order valence-corrected chi connectivity index (χ1v) is 9.81. The fraction of sp³-hybridized carbons (Fsp3) is 0.182. The molecule has 5 rings (SSSR count). The van der Waals surface area contributed by atoms with Crippen molar-refractivity contribution in [1.82, 2.24) is 9.55 Å². The van der Waals surface area contributed by atoms with E-state index in [1.54, 1.807) is 12.1 Å². The van der Waals surface area contributed by atoms with Crippen LogP contribution in [0, 0.1) is 6.92 Å². The summed E-state index contributed by atoms with van der Waals surface area (Å²) in [5, 5.41) is 3.60. The van der Waals surface area contributed by atoms with Gasteiger partial charge in [0.15, 0.2) is 5.76 Å². The molecule has 0 bridgehead atoms. The van der Waals surface area contributed by atoms with Gasteiger partial charge in [-0.2, -0.15) is 0 Å². The number of aromatic nitrogens is 2. The quantitative estimate of drug-likeness (QED) is 0.527. The van der Waals surface area contributed by atoms with Crippen molar-refractivity contribution >= 4 is 39.9 Å². The Kier molecular flexibility index (Phi) is 4.28. The number of rotatable bonds is 3.